The molecule has 0 saturated carbocycles. The molecule has 22 aromatic carbocycles. The highest BCUT2D eigenvalue weighted by Crippen LogP contribution is 2.70. The standard InChI is InChI=1S/C72H49BN2.C69H43BN2/c1-70(2,3)44-35-40-66-64(41-44)73-63-31-16-17-32-65(63)74(45-36-38-53-51-23-8-14-29-59(51)71(61(53)42-45)55-25-10-4-19-47(55)48-20-5-11-26-56(48)71)67-33-18-34-68(69(67)73)75(66)46-37-39-54-52-24-9-15-30-60(52)72(62(54)43-46)57-27-12-6-21-49(57)50-22-7-13-28-58(50)72;1-42-33-38-64-62(39-42)70-61-29-14-15-30-63(61)71(43-34-36-51-49-21-6-12-27-57(49)68(59(51)40-43)53-23-8-2-17-45(53)46-18-3-9-24-54(46)68)65-31-16-32-66(67(65)70)72(64)44-35-37-52-50-22-7-13-28-58(50)69(60(52)41-44)55-25-10-4-19-47(55)48-20-5-11-26-56(48)69/h4-43H,1-3H3;2-41H,1H3. The molecule has 6 heteroatoms. The smallest absolute Gasteiger partial charge is 0.252 e. The third kappa shape index (κ3) is 10.2. The van der Waals surface area contributed by atoms with Gasteiger partial charge in [0, 0.05) is 68.2 Å². The molecule has 147 heavy (non-hydrogen) atoms. The topological polar surface area (TPSA) is 13.0 Å². The van der Waals surface area contributed by atoms with Crippen molar-refractivity contribution in [3.8, 4) is 89.0 Å². The minimum absolute atomic E-state index is 0.00872. The number of anilines is 12. The number of nitrogens with zero attached hydrogens (tertiary/aromatic N) is 4. The van der Waals surface area contributed by atoms with E-state index in [9.17, 15) is 0 Å². The molecule has 8 aliphatic carbocycles. The first-order chi connectivity index (χ1) is 72.5. The highest BCUT2D eigenvalue weighted by atomic mass is 15.2. The van der Waals surface area contributed by atoms with Crippen LogP contribution >= 0.6 is 0 Å². The molecule has 0 saturated heterocycles. The third-order valence-electron chi connectivity index (χ3n) is 35.8. The van der Waals surface area contributed by atoms with Crippen LogP contribution in [0, 0.1) is 6.92 Å². The number of fused-ring (bicyclic) bond motifs is 48. The number of para-hydroxylation sites is 2. The van der Waals surface area contributed by atoms with Gasteiger partial charge in [-0.25, -0.2) is 0 Å². The van der Waals surface area contributed by atoms with E-state index in [2.05, 4.69) is 533 Å². The van der Waals surface area contributed by atoms with E-state index in [1.165, 1.54) is 290 Å². The lowest BCUT2D eigenvalue weighted by Crippen LogP contribution is -2.61. The van der Waals surface area contributed by atoms with Crippen LogP contribution in [0.4, 0.5) is 68.2 Å². The second-order valence-corrected chi connectivity index (χ2v) is 43.3. The molecular weight excluding hydrogens is 1770 g/mol. The van der Waals surface area contributed by atoms with Crippen LogP contribution < -0.4 is 52.4 Å². The predicted molar refractivity (Wildman–Crippen MR) is 610 cm³/mol. The summed E-state index contributed by atoms with van der Waals surface area (Å²) in [5, 5.41) is 0. The molecule has 0 bridgehead atoms. The van der Waals surface area contributed by atoms with Gasteiger partial charge in [-0.15, -0.1) is 0 Å². The fourth-order valence-corrected chi connectivity index (χ4v) is 30.4. The summed E-state index contributed by atoms with van der Waals surface area (Å²) in [6.45, 7) is 9.33. The van der Waals surface area contributed by atoms with E-state index in [0.29, 0.717) is 0 Å². The second-order valence-electron chi connectivity index (χ2n) is 43.3. The SMILES string of the molecule is CC(C)(C)c1ccc2c(c1)B1c3ccccc3N(c3ccc4c(c3)C3(c5ccccc5-c5ccccc53)c3ccccc3-4)c3cccc(c31)N2c1ccc2c(c1)C1(c3ccccc3-c3ccccc31)c1ccccc1-2.Cc1ccc2c(c1)B1c3ccccc3N(c3ccc4c(c3)C3(c5ccccc5-c5ccccc53)c3ccccc3-4)c3cccc(c31)N2c1ccc2c(c1)C1(c3ccccc3-c3ccccc31)c1ccccc1-2. The Labute approximate surface area is 857 Å². The first-order valence-corrected chi connectivity index (χ1v) is 52.2. The van der Waals surface area contributed by atoms with Gasteiger partial charge in [0.2, 0.25) is 0 Å². The van der Waals surface area contributed by atoms with Crippen molar-refractivity contribution >= 4 is 114 Å². The van der Waals surface area contributed by atoms with E-state index < -0.39 is 21.7 Å². The van der Waals surface area contributed by atoms with Gasteiger partial charge in [0.25, 0.3) is 13.4 Å². The highest BCUT2D eigenvalue weighted by molar-refractivity contribution is 7.01. The molecule has 4 heterocycles. The molecule has 0 fully saturated rings. The Morgan fingerprint density at radius 1 is 0.163 bits per heavy atom. The Kier molecular flexibility index (Phi) is 16.3. The van der Waals surface area contributed by atoms with Gasteiger partial charge < -0.3 is 19.6 Å². The van der Waals surface area contributed by atoms with Crippen LogP contribution in [0.25, 0.3) is 89.0 Å². The molecule has 22 aromatic rings. The van der Waals surface area contributed by atoms with Crippen LogP contribution in [-0.2, 0) is 27.1 Å². The van der Waals surface area contributed by atoms with Gasteiger partial charge in [0.05, 0.1) is 21.7 Å². The lowest BCUT2D eigenvalue weighted by Gasteiger charge is -2.44. The van der Waals surface area contributed by atoms with Crippen LogP contribution in [0.2, 0.25) is 0 Å². The first kappa shape index (κ1) is 81.7. The van der Waals surface area contributed by atoms with E-state index in [0.717, 1.165) is 0 Å². The minimum Gasteiger partial charge on any atom is -0.311 e. The summed E-state index contributed by atoms with van der Waals surface area (Å²) < 4.78 is 0. The molecule has 0 unspecified atom stereocenters. The van der Waals surface area contributed by atoms with Gasteiger partial charge in [-0.05, 0) is 326 Å². The first-order valence-electron chi connectivity index (χ1n) is 52.2. The molecule has 0 atom stereocenters. The molecule has 12 aliphatic rings. The average molecular weight is 1860 g/mol. The Morgan fingerprint density at radius 2 is 0.361 bits per heavy atom. The third-order valence-corrected chi connectivity index (χ3v) is 35.8. The zero-order chi connectivity index (χ0) is 96.6. The Hall–Kier alpha value is -17.8. The van der Waals surface area contributed by atoms with Gasteiger partial charge >= 0.3 is 0 Å². The van der Waals surface area contributed by atoms with E-state index in [4.69, 9.17) is 0 Å². The fraction of sp³-hybridized carbons (Fsp3) is 0.0638. The largest absolute Gasteiger partial charge is 0.311 e. The van der Waals surface area contributed by atoms with Crippen LogP contribution in [0.15, 0.2) is 485 Å². The van der Waals surface area contributed by atoms with Crippen LogP contribution in [0.3, 0.4) is 0 Å². The van der Waals surface area contributed by atoms with Crippen molar-refractivity contribution in [1.82, 2.24) is 0 Å². The number of aryl methyl sites for hydroxylation is 1. The molecule has 0 radical (unpaired) electrons. The second kappa shape index (κ2) is 29.3. The van der Waals surface area contributed by atoms with Gasteiger partial charge in [-0.1, -0.05) is 415 Å². The van der Waals surface area contributed by atoms with Crippen molar-refractivity contribution in [1.29, 1.82) is 0 Å². The van der Waals surface area contributed by atoms with Crippen molar-refractivity contribution in [2.45, 2.75) is 54.8 Å². The lowest BCUT2D eigenvalue weighted by molar-refractivity contribution is 0.591. The van der Waals surface area contributed by atoms with Crippen molar-refractivity contribution in [2.24, 2.45) is 0 Å². The predicted octanol–water partition coefficient (Wildman–Crippen LogP) is 30.5. The summed E-state index contributed by atoms with van der Waals surface area (Å²) in [6, 6.07) is 186. The Morgan fingerprint density at radius 3 is 0.605 bits per heavy atom. The number of hydrogen-bond donors (Lipinski definition) is 0. The van der Waals surface area contributed by atoms with Crippen molar-refractivity contribution < 1.29 is 0 Å². The maximum Gasteiger partial charge on any atom is 0.252 e. The Bertz CT molecular complexity index is 9400. The molecule has 0 aromatic heterocycles. The van der Waals surface area contributed by atoms with Crippen molar-refractivity contribution in [3.63, 3.8) is 0 Å². The van der Waals surface area contributed by atoms with E-state index in [1.54, 1.807) is 0 Å². The quantitative estimate of drug-likeness (QED) is 0.163. The zero-order valence-corrected chi connectivity index (χ0v) is 81.6. The van der Waals surface area contributed by atoms with Gasteiger partial charge in [-0.3, -0.25) is 0 Å². The molecule has 682 valence electrons. The molecule has 0 N–H and O–H groups in total. The van der Waals surface area contributed by atoms with E-state index in [1.807, 2.05) is 0 Å². The number of benzene rings is 22. The van der Waals surface area contributed by atoms with Gasteiger partial charge in [-0.2, -0.15) is 0 Å². The highest BCUT2D eigenvalue weighted by Gasteiger charge is 2.59. The van der Waals surface area contributed by atoms with Crippen LogP contribution in [0.5, 0.6) is 0 Å². The lowest BCUT2D eigenvalue weighted by atomic mass is 9.33. The van der Waals surface area contributed by atoms with Gasteiger partial charge in [0.15, 0.2) is 0 Å². The Balaban J connectivity index is 0.000000128. The summed E-state index contributed by atoms with van der Waals surface area (Å²) in [6.07, 6.45) is 0. The normalized spacial score (nSPS) is 15.2. The summed E-state index contributed by atoms with van der Waals surface area (Å²) in [5.41, 5.74) is 65.9. The maximum absolute atomic E-state index is 2.60. The fourth-order valence-electron chi connectivity index (χ4n) is 30.4. The maximum atomic E-state index is 2.60. The summed E-state index contributed by atoms with van der Waals surface area (Å²) in [4.78, 5) is 10.4. The summed E-state index contributed by atoms with van der Waals surface area (Å²) in [5.74, 6) is 0. The number of rotatable bonds is 4. The van der Waals surface area contributed by atoms with Crippen LogP contribution in [-0.4, -0.2) is 13.4 Å². The van der Waals surface area contributed by atoms with Crippen molar-refractivity contribution in [3.05, 3.63) is 585 Å². The van der Waals surface area contributed by atoms with Gasteiger partial charge in [0.1, 0.15) is 0 Å². The molecule has 0 amide bonds. The molecular formula is C141H92B2N4. The minimum atomic E-state index is -0.455. The van der Waals surface area contributed by atoms with E-state index >= 15 is 0 Å². The monoisotopic (exact) mass is 1860 g/mol. The molecule has 4 nitrogen and oxygen atoms in total. The van der Waals surface area contributed by atoms with Crippen LogP contribution in [0.1, 0.15) is 121 Å². The average Bonchev–Trinajstić information content (AvgIpc) is 1.63. The number of hydrogen-bond acceptors (Lipinski definition) is 4. The molecule has 34 rings (SSSR count). The summed E-state index contributed by atoms with van der Waals surface area (Å²) >= 11 is 0. The summed E-state index contributed by atoms with van der Waals surface area (Å²) in [7, 11) is 0. The molecule has 4 spiro atoms. The van der Waals surface area contributed by atoms with E-state index in [-0.39, 0.29) is 18.8 Å². The zero-order valence-electron chi connectivity index (χ0n) is 81.6. The van der Waals surface area contributed by atoms with Crippen molar-refractivity contribution in [2.75, 3.05) is 19.6 Å². The molecule has 4 aliphatic heterocycles.